The fourth-order valence-corrected chi connectivity index (χ4v) is 2.00. The molecule has 1 N–H and O–H groups in total. The summed E-state index contributed by atoms with van der Waals surface area (Å²) in [7, 11) is 1.40. The van der Waals surface area contributed by atoms with E-state index in [-0.39, 0.29) is 11.4 Å². The third-order valence-corrected chi connectivity index (χ3v) is 3.19. The zero-order valence-electron chi connectivity index (χ0n) is 11.8. The third-order valence-electron chi connectivity index (χ3n) is 2.52. The minimum absolute atomic E-state index is 0.0612. The minimum Gasteiger partial charge on any atom is -0.469 e. The number of anilines is 1. The van der Waals surface area contributed by atoms with Crippen LogP contribution in [-0.2, 0) is 14.9 Å². The molecule has 1 heterocycles. The summed E-state index contributed by atoms with van der Waals surface area (Å²) in [5.41, 5.74) is -0.642. The van der Waals surface area contributed by atoms with Gasteiger partial charge in [0.05, 0.1) is 12.5 Å². The fourth-order valence-electron chi connectivity index (χ4n) is 1.24. The van der Waals surface area contributed by atoms with Gasteiger partial charge in [0.15, 0.2) is 0 Å². The summed E-state index contributed by atoms with van der Waals surface area (Å²) in [6.45, 7) is 10.3. The SMILES string of the molecule is COC(=O)C(C)(C)CNc1nc(C(C)(C)C)ns1. The van der Waals surface area contributed by atoms with E-state index in [2.05, 4.69) is 35.4 Å². The van der Waals surface area contributed by atoms with Gasteiger partial charge >= 0.3 is 5.97 Å². The molecule has 0 bridgehead atoms. The van der Waals surface area contributed by atoms with Crippen LogP contribution in [0.3, 0.4) is 0 Å². The number of carbonyl (C=O) groups excluding carboxylic acids is 1. The van der Waals surface area contributed by atoms with Crippen LogP contribution in [0.15, 0.2) is 0 Å². The second-order valence-electron chi connectivity index (χ2n) is 5.90. The summed E-state index contributed by atoms with van der Waals surface area (Å²) >= 11 is 1.31. The van der Waals surface area contributed by atoms with Crippen molar-refractivity contribution in [2.75, 3.05) is 19.0 Å². The van der Waals surface area contributed by atoms with Gasteiger partial charge in [-0.3, -0.25) is 4.79 Å². The molecule has 0 fully saturated rings. The van der Waals surface area contributed by atoms with E-state index in [1.807, 2.05) is 13.8 Å². The molecule has 0 aliphatic heterocycles. The molecule has 102 valence electrons. The quantitative estimate of drug-likeness (QED) is 0.852. The number of aromatic nitrogens is 2. The average molecular weight is 271 g/mol. The van der Waals surface area contributed by atoms with Crippen molar-refractivity contribution < 1.29 is 9.53 Å². The van der Waals surface area contributed by atoms with Gasteiger partial charge in [0.2, 0.25) is 5.13 Å². The van der Waals surface area contributed by atoms with Crippen LogP contribution >= 0.6 is 11.5 Å². The van der Waals surface area contributed by atoms with Crippen LogP contribution in [0.2, 0.25) is 0 Å². The first-order valence-corrected chi connectivity index (χ1v) is 6.60. The molecule has 0 radical (unpaired) electrons. The van der Waals surface area contributed by atoms with Crippen LogP contribution in [-0.4, -0.2) is 29.0 Å². The number of esters is 1. The van der Waals surface area contributed by atoms with Gasteiger partial charge in [-0.1, -0.05) is 20.8 Å². The summed E-state index contributed by atoms with van der Waals surface area (Å²) in [6, 6.07) is 0. The topological polar surface area (TPSA) is 64.1 Å². The first kappa shape index (κ1) is 14.9. The summed E-state index contributed by atoms with van der Waals surface area (Å²) in [6.07, 6.45) is 0. The maximum absolute atomic E-state index is 11.5. The first-order chi connectivity index (χ1) is 8.16. The van der Waals surface area contributed by atoms with Gasteiger partial charge in [-0.25, -0.2) is 4.98 Å². The Bertz CT molecular complexity index is 421. The van der Waals surface area contributed by atoms with Crippen molar-refractivity contribution in [1.82, 2.24) is 9.36 Å². The van der Waals surface area contributed by atoms with Gasteiger partial charge < -0.3 is 10.1 Å². The van der Waals surface area contributed by atoms with E-state index in [0.29, 0.717) is 6.54 Å². The highest BCUT2D eigenvalue weighted by Gasteiger charge is 2.29. The standard InChI is InChI=1S/C12H21N3O2S/c1-11(2,3)8-14-10(18-15-8)13-7-12(4,5)9(16)17-6/h7H2,1-6H3,(H,13,14,15). The van der Waals surface area contributed by atoms with Crippen LogP contribution in [0, 0.1) is 5.41 Å². The van der Waals surface area contributed by atoms with Crippen molar-refractivity contribution in [2.24, 2.45) is 5.41 Å². The smallest absolute Gasteiger partial charge is 0.313 e. The molecule has 5 nitrogen and oxygen atoms in total. The molecule has 0 aliphatic carbocycles. The highest BCUT2D eigenvalue weighted by atomic mass is 32.1. The number of nitrogens with one attached hydrogen (secondary N) is 1. The van der Waals surface area contributed by atoms with Crippen LogP contribution in [0.1, 0.15) is 40.4 Å². The number of nitrogens with zero attached hydrogens (tertiary/aromatic N) is 2. The lowest BCUT2D eigenvalue weighted by Crippen LogP contribution is -2.33. The molecular formula is C12H21N3O2S. The van der Waals surface area contributed by atoms with Gasteiger partial charge in [-0.2, -0.15) is 4.37 Å². The number of methoxy groups -OCH3 is 1. The van der Waals surface area contributed by atoms with E-state index in [4.69, 9.17) is 4.74 Å². The van der Waals surface area contributed by atoms with Gasteiger partial charge in [-0.05, 0) is 13.8 Å². The Balaban J connectivity index is 2.65. The van der Waals surface area contributed by atoms with Gasteiger partial charge in [0.25, 0.3) is 0 Å². The molecule has 1 aromatic heterocycles. The predicted octanol–water partition coefficient (Wildman–Crippen LogP) is 2.45. The van der Waals surface area contributed by atoms with Gasteiger partial charge in [-0.15, -0.1) is 0 Å². The predicted molar refractivity (Wildman–Crippen MR) is 72.9 cm³/mol. The van der Waals surface area contributed by atoms with Crippen LogP contribution in [0.4, 0.5) is 5.13 Å². The van der Waals surface area contributed by atoms with Crippen molar-refractivity contribution in [1.29, 1.82) is 0 Å². The number of hydrogen-bond donors (Lipinski definition) is 1. The average Bonchev–Trinajstić information content (AvgIpc) is 2.73. The molecule has 0 unspecified atom stereocenters. The monoisotopic (exact) mass is 271 g/mol. The molecule has 1 rings (SSSR count). The lowest BCUT2D eigenvalue weighted by molar-refractivity contribution is -0.149. The summed E-state index contributed by atoms with van der Waals surface area (Å²) in [5.74, 6) is 0.571. The van der Waals surface area contributed by atoms with Crippen molar-refractivity contribution in [2.45, 2.75) is 40.0 Å². The van der Waals surface area contributed by atoms with E-state index >= 15 is 0 Å². The molecule has 0 amide bonds. The molecule has 0 atom stereocenters. The molecular weight excluding hydrogens is 250 g/mol. The third kappa shape index (κ3) is 3.66. The molecule has 0 saturated heterocycles. The zero-order valence-corrected chi connectivity index (χ0v) is 12.6. The Morgan fingerprint density at radius 3 is 2.39 bits per heavy atom. The van der Waals surface area contributed by atoms with Crippen molar-refractivity contribution >= 4 is 22.6 Å². The zero-order chi connectivity index (χ0) is 14.0. The Kier molecular flexibility index (Phi) is 4.32. The van der Waals surface area contributed by atoms with E-state index in [9.17, 15) is 4.79 Å². The summed E-state index contributed by atoms with van der Waals surface area (Å²) < 4.78 is 9.06. The van der Waals surface area contributed by atoms with Crippen LogP contribution in [0.5, 0.6) is 0 Å². The van der Waals surface area contributed by atoms with Crippen molar-refractivity contribution in [3.63, 3.8) is 0 Å². The number of carbonyl (C=O) groups is 1. The summed E-state index contributed by atoms with van der Waals surface area (Å²) in [5, 5.41) is 3.87. The Morgan fingerprint density at radius 1 is 1.33 bits per heavy atom. The lowest BCUT2D eigenvalue weighted by Gasteiger charge is -2.21. The number of rotatable bonds is 4. The van der Waals surface area contributed by atoms with Crippen LogP contribution in [0.25, 0.3) is 0 Å². The minimum atomic E-state index is -0.581. The van der Waals surface area contributed by atoms with E-state index in [1.54, 1.807) is 0 Å². The second-order valence-corrected chi connectivity index (χ2v) is 6.65. The molecule has 0 aromatic carbocycles. The van der Waals surface area contributed by atoms with Crippen molar-refractivity contribution in [3.05, 3.63) is 5.82 Å². The Hall–Kier alpha value is -1.17. The normalized spacial score (nSPS) is 12.3. The molecule has 0 spiro atoms. The Morgan fingerprint density at radius 2 is 1.94 bits per heavy atom. The number of ether oxygens (including phenoxy) is 1. The molecule has 0 saturated carbocycles. The van der Waals surface area contributed by atoms with Gasteiger partial charge in [0.1, 0.15) is 5.82 Å². The van der Waals surface area contributed by atoms with E-state index in [0.717, 1.165) is 11.0 Å². The highest BCUT2D eigenvalue weighted by molar-refractivity contribution is 7.09. The molecule has 0 aliphatic rings. The largest absolute Gasteiger partial charge is 0.469 e. The number of hydrogen-bond acceptors (Lipinski definition) is 6. The maximum atomic E-state index is 11.5. The van der Waals surface area contributed by atoms with E-state index < -0.39 is 5.41 Å². The lowest BCUT2D eigenvalue weighted by atomic mass is 9.94. The molecule has 6 heteroatoms. The highest BCUT2D eigenvalue weighted by Crippen LogP contribution is 2.24. The maximum Gasteiger partial charge on any atom is 0.313 e. The summed E-state index contributed by atoms with van der Waals surface area (Å²) in [4.78, 5) is 15.9. The Labute approximate surface area is 112 Å². The molecule has 1 aromatic rings. The first-order valence-electron chi connectivity index (χ1n) is 5.83. The van der Waals surface area contributed by atoms with E-state index in [1.165, 1.54) is 18.6 Å². The fraction of sp³-hybridized carbons (Fsp3) is 0.750. The molecule has 18 heavy (non-hydrogen) atoms. The van der Waals surface area contributed by atoms with Crippen molar-refractivity contribution in [3.8, 4) is 0 Å². The second kappa shape index (κ2) is 5.22. The van der Waals surface area contributed by atoms with Gasteiger partial charge in [0, 0.05) is 23.5 Å². The van der Waals surface area contributed by atoms with Crippen LogP contribution < -0.4 is 5.32 Å².